The molecule has 0 saturated heterocycles. The van der Waals surface area contributed by atoms with E-state index in [0.29, 0.717) is 36.0 Å². The van der Waals surface area contributed by atoms with Crippen molar-refractivity contribution in [3.63, 3.8) is 0 Å². The van der Waals surface area contributed by atoms with Crippen molar-refractivity contribution in [2.24, 2.45) is 0 Å². The average molecular weight is 363 g/mol. The van der Waals surface area contributed by atoms with Crippen LogP contribution < -0.4 is 14.8 Å². The Hall–Kier alpha value is -2.92. The summed E-state index contributed by atoms with van der Waals surface area (Å²) in [6.07, 6.45) is 0. The van der Waals surface area contributed by atoms with Gasteiger partial charge in [-0.1, -0.05) is 42.1 Å². The predicted molar refractivity (Wildman–Crippen MR) is 102 cm³/mol. The molecule has 26 heavy (non-hydrogen) atoms. The minimum absolute atomic E-state index is 0.152. The Bertz CT molecular complexity index is 928. The van der Waals surface area contributed by atoms with Gasteiger partial charge in [0.1, 0.15) is 13.2 Å². The van der Waals surface area contributed by atoms with Crippen LogP contribution in [0.25, 0.3) is 0 Å². The van der Waals surface area contributed by atoms with E-state index in [1.165, 1.54) is 0 Å². The summed E-state index contributed by atoms with van der Waals surface area (Å²) in [4.78, 5) is 14.8. The van der Waals surface area contributed by atoms with Gasteiger partial charge >= 0.3 is 0 Å². The standard InChI is InChI=1S/C21H17NO3S/c23-21(22-15-10-11-18-19(14-15)25-13-12-24-18)17-8-4-5-9-20(17)26-16-6-2-1-3-7-16/h1-11,14H,12-13H2,(H,22,23). The van der Waals surface area contributed by atoms with Crippen molar-refractivity contribution >= 4 is 23.4 Å². The lowest BCUT2D eigenvalue weighted by Gasteiger charge is -2.19. The van der Waals surface area contributed by atoms with Crippen molar-refractivity contribution < 1.29 is 14.3 Å². The summed E-state index contributed by atoms with van der Waals surface area (Å²) >= 11 is 1.57. The van der Waals surface area contributed by atoms with Crippen LogP contribution in [0.3, 0.4) is 0 Å². The van der Waals surface area contributed by atoms with E-state index in [4.69, 9.17) is 9.47 Å². The maximum absolute atomic E-state index is 12.8. The molecular weight excluding hydrogens is 346 g/mol. The molecule has 0 spiro atoms. The summed E-state index contributed by atoms with van der Waals surface area (Å²) in [5.41, 5.74) is 1.31. The molecule has 3 aromatic carbocycles. The molecule has 0 atom stereocenters. The number of carbonyl (C=O) groups excluding carboxylic acids is 1. The van der Waals surface area contributed by atoms with E-state index in [-0.39, 0.29) is 5.91 Å². The number of hydrogen-bond acceptors (Lipinski definition) is 4. The Kier molecular flexibility index (Phi) is 4.80. The number of hydrogen-bond donors (Lipinski definition) is 1. The van der Waals surface area contributed by atoms with Crippen molar-refractivity contribution in [3.05, 3.63) is 78.4 Å². The zero-order valence-corrected chi connectivity index (χ0v) is 14.8. The first-order valence-electron chi connectivity index (χ1n) is 8.32. The van der Waals surface area contributed by atoms with Gasteiger partial charge in [0.15, 0.2) is 11.5 Å². The largest absolute Gasteiger partial charge is 0.486 e. The molecule has 4 nitrogen and oxygen atoms in total. The highest BCUT2D eigenvalue weighted by atomic mass is 32.2. The maximum Gasteiger partial charge on any atom is 0.256 e. The van der Waals surface area contributed by atoms with Gasteiger partial charge in [0, 0.05) is 21.5 Å². The third-order valence-corrected chi connectivity index (χ3v) is 4.99. The van der Waals surface area contributed by atoms with Crippen LogP contribution in [0.5, 0.6) is 11.5 Å². The minimum Gasteiger partial charge on any atom is -0.486 e. The molecule has 1 N–H and O–H groups in total. The number of benzene rings is 3. The highest BCUT2D eigenvalue weighted by molar-refractivity contribution is 7.99. The third-order valence-electron chi connectivity index (χ3n) is 3.90. The van der Waals surface area contributed by atoms with Gasteiger partial charge < -0.3 is 14.8 Å². The van der Waals surface area contributed by atoms with Crippen molar-refractivity contribution in [2.75, 3.05) is 18.5 Å². The summed E-state index contributed by atoms with van der Waals surface area (Å²) in [7, 11) is 0. The first-order valence-corrected chi connectivity index (χ1v) is 9.14. The highest BCUT2D eigenvalue weighted by Gasteiger charge is 2.15. The van der Waals surface area contributed by atoms with E-state index in [1.807, 2.05) is 66.7 Å². The highest BCUT2D eigenvalue weighted by Crippen LogP contribution is 2.34. The molecule has 0 aliphatic carbocycles. The Morgan fingerprint density at radius 3 is 2.42 bits per heavy atom. The van der Waals surface area contributed by atoms with Crippen LogP contribution in [0.15, 0.2) is 82.6 Å². The van der Waals surface area contributed by atoms with Crippen LogP contribution in [0.2, 0.25) is 0 Å². The second-order valence-electron chi connectivity index (χ2n) is 5.72. The Balaban J connectivity index is 1.55. The fraction of sp³-hybridized carbons (Fsp3) is 0.0952. The summed E-state index contributed by atoms with van der Waals surface area (Å²) in [6, 6.07) is 23.0. The van der Waals surface area contributed by atoms with E-state index in [9.17, 15) is 4.79 Å². The first-order chi connectivity index (χ1) is 12.8. The van der Waals surface area contributed by atoms with E-state index in [0.717, 1.165) is 9.79 Å². The van der Waals surface area contributed by atoms with Gasteiger partial charge in [-0.05, 0) is 36.4 Å². The molecule has 0 bridgehead atoms. The monoisotopic (exact) mass is 363 g/mol. The van der Waals surface area contributed by atoms with Gasteiger partial charge in [-0.2, -0.15) is 0 Å². The molecule has 3 aromatic rings. The second-order valence-corrected chi connectivity index (χ2v) is 6.84. The number of ether oxygens (including phenoxy) is 2. The normalized spacial score (nSPS) is 12.5. The molecule has 1 aliphatic rings. The SMILES string of the molecule is O=C(Nc1ccc2c(c1)OCCO2)c1ccccc1Sc1ccccc1. The predicted octanol–water partition coefficient (Wildman–Crippen LogP) is 4.86. The number of nitrogens with one attached hydrogen (secondary N) is 1. The lowest BCUT2D eigenvalue weighted by atomic mass is 10.2. The van der Waals surface area contributed by atoms with Crippen molar-refractivity contribution in [3.8, 4) is 11.5 Å². The molecule has 1 amide bonds. The summed E-state index contributed by atoms with van der Waals surface area (Å²) in [5.74, 6) is 1.20. The fourth-order valence-corrected chi connectivity index (χ4v) is 3.64. The number of anilines is 1. The number of rotatable bonds is 4. The van der Waals surface area contributed by atoms with Gasteiger partial charge in [-0.25, -0.2) is 0 Å². The van der Waals surface area contributed by atoms with Gasteiger partial charge in [0.05, 0.1) is 5.56 Å². The fourth-order valence-electron chi connectivity index (χ4n) is 2.68. The lowest BCUT2D eigenvalue weighted by Crippen LogP contribution is -2.16. The minimum atomic E-state index is -0.152. The zero-order valence-electron chi connectivity index (χ0n) is 14.0. The van der Waals surface area contributed by atoms with E-state index < -0.39 is 0 Å². The molecule has 0 radical (unpaired) electrons. The van der Waals surface area contributed by atoms with Gasteiger partial charge in [0.25, 0.3) is 5.91 Å². The third kappa shape index (κ3) is 3.68. The molecule has 0 fully saturated rings. The quantitative estimate of drug-likeness (QED) is 0.719. The topological polar surface area (TPSA) is 47.6 Å². The Morgan fingerprint density at radius 1 is 0.846 bits per heavy atom. The van der Waals surface area contributed by atoms with Crippen LogP contribution >= 0.6 is 11.8 Å². The van der Waals surface area contributed by atoms with Crippen LogP contribution in [-0.2, 0) is 0 Å². The van der Waals surface area contributed by atoms with Crippen LogP contribution in [0.1, 0.15) is 10.4 Å². The first kappa shape index (κ1) is 16.5. The molecule has 1 heterocycles. The van der Waals surface area contributed by atoms with Crippen LogP contribution in [0, 0.1) is 0 Å². The lowest BCUT2D eigenvalue weighted by molar-refractivity contribution is 0.102. The molecular formula is C21H17NO3S. The molecule has 0 saturated carbocycles. The van der Waals surface area contributed by atoms with Crippen molar-refractivity contribution in [1.82, 2.24) is 0 Å². The number of fused-ring (bicyclic) bond motifs is 1. The molecule has 130 valence electrons. The smallest absolute Gasteiger partial charge is 0.256 e. The molecule has 4 rings (SSSR count). The Labute approximate surface area is 156 Å². The van der Waals surface area contributed by atoms with Crippen LogP contribution in [-0.4, -0.2) is 19.1 Å². The molecule has 0 aromatic heterocycles. The van der Waals surface area contributed by atoms with Crippen molar-refractivity contribution in [2.45, 2.75) is 9.79 Å². The summed E-state index contributed by atoms with van der Waals surface area (Å²) in [5, 5.41) is 2.95. The Morgan fingerprint density at radius 2 is 1.58 bits per heavy atom. The maximum atomic E-state index is 12.8. The van der Waals surface area contributed by atoms with E-state index in [2.05, 4.69) is 5.32 Å². The van der Waals surface area contributed by atoms with Crippen molar-refractivity contribution in [1.29, 1.82) is 0 Å². The van der Waals surface area contributed by atoms with Crippen LogP contribution in [0.4, 0.5) is 5.69 Å². The average Bonchev–Trinajstić information content (AvgIpc) is 2.69. The zero-order chi connectivity index (χ0) is 17.8. The molecule has 0 unspecified atom stereocenters. The van der Waals surface area contributed by atoms with Gasteiger partial charge in [0.2, 0.25) is 0 Å². The number of amides is 1. The summed E-state index contributed by atoms with van der Waals surface area (Å²) in [6.45, 7) is 1.06. The van der Waals surface area contributed by atoms with E-state index in [1.54, 1.807) is 17.8 Å². The molecule has 5 heteroatoms. The number of carbonyl (C=O) groups is 1. The second kappa shape index (κ2) is 7.54. The summed E-state index contributed by atoms with van der Waals surface area (Å²) < 4.78 is 11.1. The molecule has 1 aliphatic heterocycles. The van der Waals surface area contributed by atoms with Gasteiger partial charge in [-0.15, -0.1) is 0 Å². The van der Waals surface area contributed by atoms with E-state index >= 15 is 0 Å². The van der Waals surface area contributed by atoms with Gasteiger partial charge in [-0.3, -0.25) is 4.79 Å².